The normalized spacial score (nSPS) is 24.1. The molecular weight excluding hydrogens is 421 g/mol. The minimum atomic E-state index is -0.984. The maximum absolute atomic E-state index is 13.4. The largest absolute Gasteiger partial charge is 0.481 e. The summed E-state index contributed by atoms with van der Waals surface area (Å²) in [5.74, 6) is -4.23. The molecule has 5 rings (SSSR count). The smallest absolute Gasteiger partial charge is 0.341 e. The van der Waals surface area contributed by atoms with Crippen molar-refractivity contribution in [2.45, 2.75) is 19.8 Å². The second-order valence-corrected chi connectivity index (χ2v) is 9.13. The number of hydrogen-bond donors (Lipinski definition) is 2. The maximum Gasteiger partial charge on any atom is 0.341 e. The molecule has 1 aromatic heterocycles. The third-order valence-electron chi connectivity index (χ3n) is 6.18. The molecule has 0 spiro atoms. The van der Waals surface area contributed by atoms with E-state index in [1.54, 1.807) is 19.1 Å². The van der Waals surface area contributed by atoms with Gasteiger partial charge in [0, 0.05) is 10.4 Å². The number of amides is 1. The number of aryl methyl sites for hydroxylation is 1. The zero-order valence-corrected chi connectivity index (χ0v) is 17.9. The van der Waals surface area contributed by atoms with E-state index >= 15 is 0 Å². The van der Waals surface area contributed by atoms with Gasteiger partial charge in [0.25, 0.3) is 0 Å². The number of carboxylic acid groups (broad SMARTS) is 1. The van der Waals surface area contributed by atoms with Crippen molar-refractivity contribution in [3.63, 3.8) is 0 Å². The highest BCUT2D eigenvalue weighted by Gasteiger charge is 2.48. The van der Waals surface area contributed by atoms with Gasteiger partial charge in [-0.05, 0) is 49.3 Å². The molecule has 2 bridgehead atoms. The van der Waals surface area contributed by atoms with E-state index < -0.39 is 35.5 Å². The number of anilines is 1. The van der Waals surface area contributed by atoms with E-state index in [9.17, 15) is 23.9 Å². The van der Waals surface area contributed by atoms with Crippen molar-refractivity contribution in [1.82, 2.24) is 0 Å². The fraction of sp³-hybridized carbons (Fsp3) is 0.348. The highest BCUT2D eigenvalue weighted by atomic mass is 32.1. The van der Waals surface area contributed by atoms with E-state index in [2.05, 4.69) is 5.32 Å². The van der Waals surface area contributed by atoms with Gasteiger partial charge in [0.2, 0.25) is 5.91 Å². The number of nitrogens with one attached hydrogen (secondary N) is 1. The molecule has 0 aliphatic heterocycles. The first-order valence-corrected chi connectivity index (χ1v) is 10.8. The SMILES string of the molecule is COC(=O)c1c(NC(=O)[C@@H]2[C@@H](C(=O)O)[C@H]3C=C[C@@H]2CC3)sc(C)c1-c1ccc(F)cc1. The van der Waals surface area contributed by atoms with Gasteiger partial charge in [0.15, 0.2) is 0 Å². The van der Waals surface area contributed by atoms with Crippen LogP contribution in [0.2, 0.25) is 0 Å². The lowest BCUT2D eigenvalue weighted by Crippen LogP contribution is -2.47. The zero-order valence-electron chi connectivity index (χ0n) is 17.1. The molecule has 1 heterocycles. The van der Waals surface area contributed by atoms with Crippen LogP contribution >= 0.6 is 11.3 Å². The summed E-state index contributed by atoms with van der Waals surface area (Å²) in [5, 5.41) is 12.9. The molecule has 8 heteroatoms. The lowest BCUT2D eigenvalue weighted by Gasteiger charge is -2.41. The van der Waals surface area contributed by atoms with Gasteiger partial charge in [-0.15, -0.1) is 11.3 Å². The molecule has 3 aliphatic rings. The Balaban J connectivity index is 1.71. The molecule has 2 aromatic rings. The second kappa shape index (κ2) is 8.26. The summed E-state index contributed by atoms with van der Waals surface area (Å²) in [5.41, 5.74) is 1.37. The molecule has 0 radical (unpaired) electrons. The van der Waals surface area contributed by atoms with Gasteiger partial charge in [-0.25, -0.2) is 9.18 Å². The van der Waals surface area contributed by atoms with Gasteiger partial charge in [0.1, 0.15) is 16.4 Å². The zero-order chi connectivity index (χ0) is 22.3. The molecule has 1 fully saturated rings. The number of carbonyl (C=O) groups is 3. The van der Waals surface area contributed by atoms with Crippen LogP contribution in [-0.4, -0.2) is 30.1 Å². The molecule has 31 heavy (non-hydrogen) atoms. The first-order chi connectivity index (χ1) is 14.8. The van der Waals surface area contributed by atoms with Gasteiger partial charge in [-0.1, -0.05) is 24.3 Å². The summed E-state index contributed by atoms with van der Waals surface area (Å²) in [6.07, 6.45) is 5.35. The van der Waals surface area contributed by atoms with E-state index in [4.69, 9.17) is 4.74 Å². The Morgan fingerprint density at radius 1 is 1.10 bits per heavy atom. The minimum absolute atomic E-state index is 0.148. The number of halogens is 1. The van der Waals surface area contributed by atoms with E-state index in [0.29, 0.717) is 16.1 Å². The standard InChI is InChI=1S/C23H22FNO5S/c1-11-16(12-7-9-15(24)10-8-12)19(23(29)30-2)21(31-11)25-20(26)17-13-3-5-14(6-4-13)18(17)22(27)28/h3,5,7-10,13-14,17-18H,4,6H2,1-2H3,(H,25,26)(H,27,28)/t13-,14+,17+,18+/m1/s1. The number of esters is 1. The fourth-order valence-corrected chi connectivity index (χ4v) is 5.84. The first kappa shape index (κ1) is 21.2. The van der Waals surface area contributed by atoms with Gasteiger partial charge >= 0.3 is 11.9 Å². The number of hydrogen-bond acceptors (Lipinski definition) is 5. The molecule has 1 saturated carbocycles. The Labute approximate surface area is 182 Å². The lowest BCUT2D eigenvalue weighted by molar-refractivity contribution is -0.151. The van der Waals surface area contributed by atoms with E-state index in [1.807, 2.05) is 12.2 Å². The van der Waals surface area contributed by atoms with Crippen LogP contribution in [0.1, 0.15) is 28.1 Å². The third-order valence-corrected chi connectivity index (χ3v) is 7.20. The van der Waals surface area contributed by atoms with Crippen LogP contribution in [0.15, 0.2) is 36.4 Å². The van der Waals surface area contributed by atoms with Crippen LogP contribution in [-0.2, 0) is 14.3 Å². The molecule has 0 unspecified atom stereocenters. The van der Waals surface area contributed by atoms with Crippen molar-refractivity contribution < 1.29 is 28.6 Å². The van der Waals surface area contributed by atoms with Crippen LogP contribution in [0, 0.1) is 36.4 Å². The Kier molecular flexibility index (Phi) is 5.66. The summed E-state index contributed by atoms with van der Waals surface area (Å²) < 4.78 is 18.3. The van der Waals surface area contributed by atoms with E-state index in [1.165, 1.54) is 30.6 Å². The molecule has 0 saturated heterocycles. The number of rotatable bonds is 5. The molecule has 3 aliphatic carbocycles. The van der Waals surface area contributed by atoms with Crippen molar-refractivity contribution in [2.75, 3.05) is 12.4 Å². The summed E-state index contributed by atoms with van der Waals surface area (Å²) in [7, 11) is 1.25. The number of carboxylic acids is 1. The number of thiophene rings is 1. The van der Waals surface area contributed by atoms with Gasteiger partial charge in [0.05, 0.1) is 18.9 Å². The molecule has 2 N–H and O–H groups in total. The van der Waals surface area contributed by atoms with Crippen molar-refractivity contribution in [2.24, 2.45) is 23.7 Å². The molecule has 4 atom stereocenters. The highest BCUT2D eigenvalue weighted by Crippen LogP contribution is 2.46. The lowest BCUT2D eigenvalue weighted by atomic mass is 9.62. The monoisotopic (exact) mass is 443 g/mol. The van der Waals surface area contributed by atoms with Crippen LogP contribution in [0.5, 0.6) is 0 Å². The first-order valence-electron chi connectivity index (χ1n) is 10.0. The number of fused-ring (bicyclic) bond motifs is 2. The molecule has 6 nitrogen and oxygen atoms in total. The average Bonchev–Trinajstić information content (AvgIpc) is 3.09. The Hall–Kier alpha value is -3.00. The number of benzene rings is 1. The van der Waals surface area contributed by atoms with Crippen molar-refractivity contribution in [3.8, 4) is 11.1 Å². The van der Waals surface area contributed by atoms with Crippen LogP contribution in [0.25, 0.3) is 11.1 Å². The Morgan fingerprint density at radius 2 is 1.71 bits per heavy atom. The fourth-order valence-electron chi connectivity index (χ4n) is 4.78. The number of carbonyl (C=O) groups excluding carboxylic acids is 2. The van der Waals surface area contributed by atoms with Crippen LogP contribution in [0.4, 0.5) is 9.39 Å². The van der Waals surface area contributed by atoms with Crippen molar-refractivity contribution >= 4 is 34.2 Å². The quantitative estimate of drug-likeness (QED) is 0.524. The van der Waals surface area contributed by atoms with E-state index in [0.717, 1.165) is 17.7 Å². The average molecular weight is 443 g/mol. The predicted molar refractivity (Wildman–Crippen MR) is 114 cm³/mol. The van der Waals surface area contributed by atoms with Gasteiger partial charge in [-0.2, -0.15) is 0 Å². The summed E-state index contributed by atoms with van der Waals surface area (Å²) >= 11 is 1.21. The maximum atomic E-state index is 13.4. The summed E-state index contributed by atoms with van der Waals surface area (Å²) in [4.78, 5) is 38.5. The third kappa shape index (κ3) is 3.76. The van der Waals surface area contributed by atoms with Crippen LogP contribution < -0.4 is 5.32 Å². The Bertz CT molecular complexity index is 1070. The van der Waals surface area contributed by atoms with Gasteiger partial charge in [-0.3, -0.25) is 9.59 Å². The molecule has 1 amide bonds. The van der Waals surface area contributed by atoms with Crippen LogP contribution in [0.3, 0.4) is 0 Å². The molecule has 162 valence electrons. The predicted octanol–water partition coefficient (Wildman–Crippen LogP) is 4.50. The van der Waals surface area contributed by atoms with Gasteiger partial charge < -0.3 is 15.2 Å². The minimum Gasteiger partial charge on any atom is -0.481 e. The number of allylic oxidation sites excluding steroid dienone is 2. The molecule has 1 aromatic carbocycles. The number of aliphatic carboxylic acids is 1. The topological polar surface area (TPSA) is 92.7 Å². The van der Waals surface area contributed by atoms with Crippen molar-refractivity contribution in [1.29, 1.82) is 0 Å². The highest BCUT2D eigenvalue weighted by molar-refractivity contribution is 7.17. The van der Waals surface area contributed by atoms with Crippen molar-refractivity contribution in [3.05, 3.63) is 52.7 Å². The second-order valence-electron chi connectivity index (χ2n) is 7.90. The number of methoxy groups -OCH3 is 1. The number of ether oxygens (including phenoxy) is 1. The Morgan fingerprint density at radius 3 is 2.26 bits per heavy atom. The summed E-state index contributed by atoms with van der Waals surface area (Å²) in [6, 6.07) is 5.73. The van der Waals surface area contributed by atoms with E-state index in [-0.39, 0.29) is 17.4 Å². The summed E-state index contributed by atoms with van der Waals surface area (Å²) in [6.45, 7) is 1.80. The molecular formula is C23H22FNO5S.